The van der Waals surface area contributed by atoms with Crippen LogP contribution in [0.4, 0.5) is 5.95 Å². The summed E-state index contributed by atoms with van der Waals surface area (Å²) in [4.78, 5) is 32.1. The van der Waals surface area contributed by atoms with Gasteiger partial charge >= 0.3 is 0 Å². The van der Waals surface area contributed by atoms with Gasteiger partial charge < -0.3 is 10.6 Å². The SMILES string of the molecule is CNC(=O)C1CC(Nc2ncc3cc(Br)c(=O)n(C)c3n2)C1. The first-order valence-electron chi connectivity index (χ1n) is 7.00. The normalized spacial score (nSPS) is 20.5. The van der Waals surface area contributed by atoms with Crippen LogP contribution in [0.3, 0.4) is 0 Å². The number of nitrogens with zero attached hydrogens (tertiary/aromatic N) is 3. The van der Waals surface area contributed by atoms with E-state index in [0.717, 1.165) is 18.2 Å². The third-order valence-corrected chi connectivity index (χ3v) is 4.56. The highest BCUT2D eigenvalue weighted by Gasteiger charge is 2.34. The molecule has 116 valence electrons. The molecule has 1 aliphatic carbocycles. The van der Waals surface area contributed by atoms with Crippen LogP contribution in [-0.2, 0) is 11.8 Å². The number of pyridine rings is 1. The van der Waals surface area contributed by atoms with Crippen molar-refractivity contribution in [2.75, 3.05) is 12.4 Å². The molecular weight excluding hydrogens is 350 g/mol. The molecule has 0 saturated heterocycles. The van der Waals surface area contributed by atoms with Gasteiger partial charge in [-0.2, -0.15) is 4.98 Å². The van der Waals surface area contributed by atoms with E-state index in [-0.39, 0.29) is 23.4 Å². The summed E-state index contributed by atoms with van der Waals surface area (Å²) in [5.41, 5.74) is 0.438. The van der Waals surface area contributed by atoms with Crippen molar-refractivity contribution in [3.63, 3.8) is 0 Å². The van der Waals surface area contributed by atoms with Gasteiger partial charge in [0.05, 0.1) is 4.47 Å². The highest BCUT2D eigenvalue weighted by molar-refractivity contribution is 9.10. The van der Waals surface area contributed by atoms with Gasteiger partial charge in [0.15, 0.2) is 0 Å². The lowest BCUT2D eigenvalue weighted by atomic mass is 9.80. The van der Waals surface area contributed by atoms with Crippen LogP contribution in [0, 0.1) is 5.92 Å². The Morgan fingerprint density at radius 1 is 1.45 bits per heavy atom. The molecule has 2 aromatic rings. The van der Waals surface area contributed by atoms with E-state index in [0.29, 0.717) is 16.1 Å². The minimum Gasteiger partial charge on any atom is -0.359 e. The lowest BCUT2D eigenvalue weighted by molar-refractivity contribution is -0.127. The molecule has 0 atom stereocenters. The van der Waals surface area contributed by atoms with Crippen molar-refractivity contribution in [2.24, 2.45) is 13.0 Å². The predicted octanol–water partition coefficient (Wildman–Crippen LogP) is 1.03. The van der Waals surface area contributed by atoms with Crippen molar-refractivity contribution in [1.29, 1.82) is 0 Å². The van der Waals surface area contributed by atoms with Gasteiger partial charge in [0.1, 0.15) is 5.65 Å². The molecule has 8 heteroatoms. The fourth-order valence-electron chi connectivity index (χ4n) is 2.61. The van der Waals surface area contributed by atoms with Gasteiger partial charge in [-0.3, -0.25) is 14.2 Å². The smallest absolute Gasteiger partial charge is 0.266 e. The molecule has 0 aliphatic heterocycles. The number of aromatic nitrogens is 3. The number of anilines is 1. The van der Waals surface area contributed by atoms with E-state index >= 15 is 0 Å². The van der Waals surface area contributed by atoms with Crippen molar-refractivity contribution >= 4 is 38.8 Å². The van der Waals surface area contributed by atoms with Gasteiger partial charge in [0.25, 0.3) is 5.56 Å². The monoisotopic (exact) mass is 365 g/mol. The largest absolute Gasteiger partial charge is 0.359 e. The topological polar surface area (TPSA) is 88.9 Å². The Hall–Kier alpha value is -1.96. The van der Waals surface area contributed by atoms with Gasteiger partial charge in [0.2, 0.25) is 11.9 Å². The number of amides is 1. The van der Waals surface area contributed by atoms with Crippen LogP contribution in [0.25, 0.3) is 11.0 Å². The van der Waals surface area contributed by atoms with Crippen LogP contribution < -0.4 is 16.2 Å². The van der Waals surface area contributed by atoms with Crippen LogP contribution in [0.2, 0.25) is 0 Å². The van der Waals surface area contributed by atoms with Gasteiger partial charge in [-0.25, -0.2) is 4.98 Å². The van der Waals surface area contributed by atoms with Crippen LogP contribution in [0.5, 0.6) is 0 Å². The third kappa shape index (κ3) is 2.58. The van der Waals surface area contributed by atoms with Crippen molar-refractivity contribution < 1.29 is 4.79 Å². The van der Waals surface area contributed by atoms with Gasteiger partial charge in [0, 0.05) is 37.6 Å². The minimum atomic E-state index is -0.138. The third-order valence-electron chi connectivity index (χ3n) is 3.99. The Bertz CT molecular complexity index is 798. The molecule has 0 unspecified atom stereocenters. The molecule has 1 amide bonds. The van der Waals surface area contributed by atoms with Crippen molar-refractivity contribution in [3.8, 4) is 0 Å². The summed E-state index contributed by atoms with van der Waals surface area (Å²) in [7, 11) is 3.32. The van der Waals surface area contributed by atoms with Crippen LogP contribution >= 0.6 is 15.9 Å². The highest BCUT2D eigenvalue weighted by atomic mass is 79.9. The molecule has 22 heavy (non-hydrogen) atoms. The quantitative estimate of drug-likeness (QED) is 0.847. The molecule has 1 aliphatic rings. The number of carbonyl (C=O) groups excluding carboxylic acids is 1. The van der Waals surface area contributed by atoms with Crippen LogP contribution in [0.1, 0.15) is 12.8 Å². The van der Waals surface area contributed by atoms with Crippen molar-refractivity contribution in [2.45, 2.75) is 18.9 Å². The molecule has 3 rings (SSSR count). The Morgan fingerprint density at radius 3 is 2.86 bits per heavy atom. The van der Waals surface area contributed by atoms with E-state index in [1.165, 1.54) is 4.57 Å². The number of aryl methyl sites for hydroxylation is 1. The highest BCUT2D eigenvalue weighted by Crippen LogP contribution is 2.29. The number of carbonyl (C=O) groups is 1. The molecule has 7 nitrogen and oxygen atoms in total. The average Bonchev–Trinajstić information content (AvgIpc) is 2.48. The lowest BCUT2D eigenvalue weighted by Crippen LogP contribution is -2.43. The molecule has 1 fully saturated rings. The van der Waals surface area contributed by atoms with Gasteiger partial charge in [-0.15, -0.1) is 0 Å². The van der Waals surface area contributed by atoms with Crippen molar-refractivity contribution in [1.82, 2.24) is 19.9 Å². The summed E-state index contributed by atoms with van der Waals surface area (Å²) >= 11 is 3.23. The van der Waals surface area contributed by atoms with E-state index in [2.05, 4.69) is 36.5 Å². The van der Waals surface area contributed by atoms with E-state index in [4.69, 9.17) is 0 Å². The first kappa shape index (κ1) is 15.0. The second-order valence-electron chi connectivity index (χ2n) is 5.45. The zero-order valence-electron chi connectivity index (χ0n) is 12.3. The molecule has 0 aromatic carbocycles. The lowest BCUT2D eigenvalue weighted by Gasteiger charge is -2.34. The molecular formula is C14H16BrN5O2. The first-order valence-corrected chi connectivity index (χ1v) is 7.79. The maximum Gasteiger partial charge on any atom is 0.266 e. The number of hydrogen-bond donors (Lipinski definition) is 2. The van der Waals surface area contributed by atoms with Gasteiger partial charge in [-0.1, -0.05) is 0 Å². The number of fused-ring (bicyclic) bond motifs is 1. The summed E-state index contributed by atoms with van der Waals surface area (Å²) < 4.78 is 1.97. The summed E-state index contributed by atoms with van der Waals surface area (Å²) in [5.74, 6) is 0.609. The van der Waals surface area contributed by atoms with Crippen molar-refractivity contribution in [3.05, 3.63) is 27.1 Å². The second-order valence-corrected chi connectivity index (χ2v) is 6.31. The fourth-order valence-corrected chi connectivity index (χ4v) is 3.13. The average molecular weight is 366 g/mol. The van der Waals surface area contributed by atoms with E-state index in [1.807, 2.05) is 0 Å². The summed E-state index contributed by atoms with van der Waals surface area (Å²) in [6, 6.07) is 1.90. The molecule has 2 aromatic heterocycles. The fraction of sp³-hybridized carbons (Fsp3) is 0.429. The molecule has 0 radical (unpaired) electrons. The van der Waals surface area contributed by atoms with Gasteiger partial charge in [-0.05, 0) is 34.8 Å². The molecule has 1 saturated carbocycles. The Kier molecular flexibility index (Phi) is 3.86. The summed E-state index contributed by atoms with van der Waals surface area (Å²) in [6.45, 7) is 0. The van der Waals surface area contributed by atoms with Crippen LogP contribution in [0.15, 0.2) is 21.5 Å². The van der Waals surface area contributed by atoms with E-state index in [9.17, 15) is 9.59 Å². The van der Waals surface area contributed by atoms with Crippen LogP contribution in [-0.4, -0.2) is 33.5 Å². The Balaban J connectivity index is 1.79. The molecule has 2 N–H and O–H groups in total. The Morgan fingerprint density at radius 2 is 2.18 bits per heavy atom. The number of rotatable bonds is 3. The maximum absolute atomic E-state index is 11.9. The molecule has 0 bridgehead atoms. The molecule has 0 spiro atoms. The minimum absolute atomic E-state index is 0.0586. The summed E-state index contributed by atoms with van der Waals surface area (Å²) in [5, 5.41) is 6.65. The number of nitrogens with one attached hydrogen (secondary N) is 2. The zero-order chi connectivity index (χ0) is 15.9. The Labute approximate surface area is 135 Å². The number of halogens is 1. The van der Waals surface area contributed by atoms with E-state index < -0.39 is 0 Å². The maximum atomic E-state index is 11.9. The first-order chi connectivity index (χ1) is 10.5. The van der Waals surface area contributed by atoms with E-state index in [1.54, 1.807) is 26.4 Å². The number of hydrogen-bond acceptors (Lipinski definition) is 5. The second kappa shape index (κ2) is 5.68. The predicted molar refractivity (Wildman–Crippen MR) is 86.7 cm³/mol. The zero-order valence-corrected chi connectivity index (χ0v) is 13.8. The standard InChI is InChI=1S/C14H16BrN5O2/c1-16-12(21)7-3-9(4-7)18-14-17-6-8-5-10(15)13(22)20(2)11(8)19-14/h5-7,9H,3-4H2,1-2H3,(H,16,21)(H,17,18,19). The summed E-state index contributed by atoms with van der Waals surface area (Å²) in [6.07, 6.45) is 3.21. The molecule has 2 heterocycles.